The molecule has 1 aliphatic rings. The molecule has 30 heavy (non-hydrogen) atoms. The van der Waals surface area contributed by atoms with Gasteiger partial charge in [0.25, 0.3) is 11.8 Å². The van der Waals surface area contributed by atoms with Crippen molar-refractivity contribution in [1.29, 1.82) is 5.26 Å². The first-order chi connectivity index (χ1) is 14.5. The summed E-state index contributed by atoms with van der Waals surface area (Å²) in [4.78, 5) is 50.7. The van der Waals surface area contributed by atoms with Crippen LogP contribution < -0.4 is 5.32 Å². The molecular weight excluding hydrogens is 386 g/mol. The smallest absolute Gasteiger partial charge is 0.329 e. The minimum absolute atomic E-state index is 0.0662. The second-order valence-corrected chi connectivity index (χ2v) is 6.58. The zero-order chi connectivity index (χ0) is 21.7. The highest BCUT2D eigenvalue weighted by Gasteiger charge is 2.43. The van der Waals surface area contributed by atoms with E-state index in [4.69, 9.17) is 10.00 Å². The molecule has 0 saturated heterocycles. The summed E-state index contributed by atoms with van der Waals surface area (Å²) < 4.78 is 5.11. The zero-order valence-corrected chi connectivity index (χ0v) is 16.3. The van der Waals surface area contributed by atoms with Crippen LogP contribution in [0.4, 0.5) is 5.69 Å². The number of esters is 1. The SMILES string of the molecule is CCOC(=O)C(Cc1ccc(NC(=O)CC#N)cc1)N1C(=O)c2ccccc2C1=O. The highest BCUT2D eigenvalue weighted by Crippen LogP contribution is 2.26. The summed E-state index contributed by atoms with van der Waals surface area (Å²) in [7, 11) is 0. The molecule has 2 aromatic carbocycles. The van der Waals surface area contributed by atoms with Gasteiger partial charge in [0.1, 0.15) is 12.5 Å². The van der Waals surface area contributed by atoms with Crippen molar-refractivity contribution in [2.75, 3.05) is 11.9 Å². The number of carbonyl (C=O) groups is 4. The summed E-state index contributed by atoms with van der Waals surface area (Å²) in [6.07, 6.45) is -0.191. The topological polar surface area (TPSA) is 117 Å². The summed E-state index contributed by atoms with van der Waals surface area (Å²) in [6, 6.07) is 13.7. The molecule has 1 atom stereocenters. The Balaban J connectivity index is 1.83. The average molecular weight is 405 g/mol. The molecule has 8 nitrogen and oxygen atoms in total. The fourth-order valence-electron chi connectivity index (χ4n) is 3.23. The number of fused-ring (bicyclic) bond motifs is 1. The van der Waals surface area contributed by atoms with Gasteiger partial charge in [-0.15, -0.1) is 0 Å². The van der Waals surface area contributed by atoms with Gasteiger partial charge in [-0.3, -0.25) is 19.3 Å². The third kappa shape index (κ3) is 4.20. The van der Waals surface area contributed by atoms with Crippen LogP contribution in [-0.2, 0) is 20.7 Å². The monoisotopic (exact) mass is 405 g/mol. The number of nitrogens with zero attached hydrogens (tertiary/aromatic N) is 2. The fraction of sp³-hybridized carbons (Fsp3) is 0.227. The maximum Gasteiger partial charge on any atom is 0.329 e. The zero-order valence-electron chi connectivity index (χ0n) is 16.3. The second-order valence-electron chi connectivity index (χ2n) is 6.58. The van der Waals surface area contributed by atoms with Gasteiger partial charge in [0, 0.05) is 12.1 Å². The predicted octanol–water partition coefficient (Wildman–Crippen LogP) is 2.31. The standard InChI is InChI=1S/C22H19N3O5/c1-2-30-22(29)18(25-20(27)16-5-3-4-6-17(16)21(25)28)13-14-7-9-15(10-8-14)24-19(26)11-12-23/h3-10,18H,2,11,13H2,1H3,(H,24,26). The molecule has 1 heterocycles. The van der Waals surface area contributed by atoms with Crippen molar-refractivity contribution >= 4 is 29.4 Å². The number of imide groups is 1. The first-order valence-electron chi connectivity index (χ1n) is 9.35. The maximum absolute atomic E-state index is 12.8. The molecule has 8 heteroatoms. The van der Waals surface area contributed by atoms with E-state index in [2.05, 4.69) is 5.32 Å². The van der Waals surface area contributed by atoms with Crippen LogP contribution >= 0.6 is 0 Å². The van der Waals surface area contributed by atoms with E-state index in [-0.39, 0.29) is 30.6 Å². The predicted molar refractivity (Wildman–Crippen MR) is 106 cm³/mol. The van der Waals surface area contributed by atoms with Crippen molar-refractivity contribution in [3.8, 4) is 6.07 Å². The molecule has 0 radical (unpaired) electrons. The van der Waals surface area contributed by atoms with Crippen molar-refractivity contribution in [3.05, 3.63) is 65.2 Å². The number of nitriles is 1. The minimum atomic E-state index is -1.11. The van der Waals surface area contributed by atoms with Crippen LogP contribution in [0.5, 0.6) is 0 Å². The van der Waals surface area contributed by atoms with E-state index in [0.717, 1.165) is 4.90 Å². The van der Waals surface area contributed by atoms with E-state index < -0.39 is 29.7 Å². The van der Waals surface area contributed by atoms with Gasteiger partial charge in [-0.05, 0) is 36.8 Å². The van der Waals surface area contributed by atoms with Crippen molar-refractivity contribution in [2.45, 2.75) is 25.8 Å². The van der Waals surface area contributed by atoms with Gasteiger partial charge in [0.05, 0.1) is 23.8 Å². The van der Waals surface area contributed by atoms with Crippen LogP contribution in [0, 0.1) is 11.3 Å². The highest BCUT2D eigenvalue weighted by atomic mass is 16.5. The van der Waals surface area contributed by atoms with Crippen LogP contribution in [0.2, 0.25) is 0 Å². The maximum atomic E-state index is 12.8. The van der Waals surface area contributed by atoms with Crippen molar-refractivity contribution in [3.63, 3.8) is 0 Å². The van der Waals surface area contributed by atoms with E-state index in [1.165, 1.54) is 0 Å². The van der Waals surface area contributed by atoms with Crippen LogP contribution in [0.3, 0.4) is 0 Å². The molecule has 1 unspecified atom stereocenters. The Hall–Kier alpha value is -3.99. The van der Waals surface area contributed by atoms with E-state index in [1.807, 2.05) is 0 Å². The molecule has 1 aliphatic heterocycles. The largest absolute Gasteiger partial charge is 0.464 e. The summed E-state index contributed by atoms with van der Waals surface area (Å²) in [5, 5.41) is 11.1. The molecule has 3 amide bonds. The molecule has 152 valence electrons. The number of benzene rings is 2. The van der Waals surface area contributed by atoms with Gasteiger partial charge in [-0.25, -0.2) is 4.79 Å². The molecule has 0 spiro atoms. The molecular formula is C22H19N3O5. The fourth-order valence-corrected chi connectivity index (χ4v) is 3.23. The molecule has 0 saturated carbocycles. The number of hydrogen-bond acceptors (Lipinski definition) is 6. The van der Waals surface area contributed by atoms with Gasteiger partial charge in [0.2, 0.25) is 5.91 Å². The molecule has 0 aromatic heterocycles. The first-order valence-corrected chi connectivity index (χ1v) is 9.35. The number of carbonyl (C=O) groups excluding carboxylic acids is 4. The molecule has 0 bridgehead atoms. The lowest BCUT2D eigenvalue weighted by Crippen LogP contribution is -2.47. The summed E-state index contributed by atoms with van der Waals surface area (Å²) in [5.74, 6) is -2.16. The van der Waals surface area contributed by atoms with Crippen molar-refractivity contribution in [1.82, 2.24) is 4.90 Å². The lowest BCUT2D eigenvalue weighted by molar-refractivity contribution is -0.147. The quantitative estimate of drug-likeness (QED) is 0.558. The lowest BCUT2D eigenvalue weighted by atomic mass is 10.0. The van der Waals surface area contributed by atoms with Gasteiger partial charge < -0.3 is 10.1 Å². The molecule has 1 N–H and O–H groups in total. The average Bonchev–Trinajstić information content (AvgIpc) is 2.98. The lowest BCUT2D eigenvalue weighted by Gasteiger charge is -2.24. The van der Waals surface area contributed by atoms with Crippen LogP contribution in [0.1, 0.15) is 39.6 Å². The Morgan fingerprint density at radius 2 is 1.67 bits per heavy atom. The molecule has 3 rings (SSSR count). The molecule has 2 aromatic rings. The normalized spacial score (nSPS) is 13.4. The first kappa shape index (κ1) is 20.7. The highest BCUT2D eigenvalue weighted by molar-refractivity contribution is 6.22. The Labute approximate surface area is 173 Å². The Morgan fingerprint density at radius 3 is 2.20 bits per heavy atom. The van der Waals surface area contributed by atoms with Gasteiger partial charge in [-0.2, -0.15) is 5.26 Å². The Bertz CT molecular complexity index is 1000. The van der Waals surface area contributed by atoms with Gasteiger partial charge in [-0.1, -0.05) is 24.3 Å². The summed E-state index contributed by atoms with van der Waals surface area (Å²) >= 11 is 0. The van der Waals surface area contributed by atoms with E-state index >= 15 is 0 Å². The van der Waals surface area contributed by atoms with Crippen molar-refractivity contribution < 1.29 is 23.9 Å². The van der Waals surface area contributed by atoms with Crippen LogP contribution in [-0.4, -0.2) is 41.2 Å². The third-order valence-electron chi connectivity index (χ3n) is 4.60. The van der Waals surface area contributed by atoms with Gasteiger partial charge in [0.15, 0.2) is 0 Å². The minimum Gasteiger partial charge on any atom is -0.464 e. The number of nitrogens with one attached hydrogen (secondary N) is 1. The molecule has 0 fully saturated rings. The molecule has 0 aliphatic carbocycles. The van der Waals surface area contributed by atoms with Crippen LogP contribution in [0.15, 0.2) is 48.5 Å². The number of anilines is 1. The van der Waals surface area contributed by atoms with Gasteiger partial charge >= 0.3 is 5.97 Å². The Kier molecular flexibility index (Phi) is 6.23. The second kappa shape index (κ2) is 9.01. The number of rotatable bonds is 7. The van der Waals surface area contributed by atoms with E-state index in [9.17, 15) is 19.2 Å². The number of amides is 3. The summed E-state index contributed by atoms with van der Waals surface area (Å²) in [6.45, 7) is 1.76. The third-order valence-corrected chi connectivity index (χ3v) is 4.60. The van der Waals surface area contributed by atoms with E-state index in [0.29, 0.717) is 11.3 Å². The Morgan fingerprint density at radius 1 is 1.07 bits per heavy atom. The van der Waals surface area contributed by atoms with E-state index in [1.54, 1.807) is 61.5 Å². The number of hydrogen-bond donors (Lipinski definition) is 1. The summed E-state index contributed by atoms with van der Waals surface area (Å²) in [5.41, 5.74) is 1.68. The number of ether oxygens (including phenoxy) is 1. The van der Waals surface area contributed by atoms with Crippen LogP contribution in [0.25, 0.3) is 0 Å². The van der Waals surface area contributed by atoms with Crippen molar-refractivity contribution in [2.24, 2.45) is 0 Å².